The molecule has 242 valence electrons. The van der Waals surface area contributed by atoms with Crippen molar-refractivity contribution in [3.8, 4) is 11.3 Å². The molecule has 3 aliphatic heterocycles. The highest BCUT2D eigenvalue weighted by atomic mass is 35.5. The number of amides is 2. The second-order valence-corrected chi connectivity index (χ2v) is 12.8. The van der Waals surface area contributed by atoms with E-state index in [1.165, 1.54) is 0 Å². The quantitative estimate of drug-likeness (QED) is 0.349. The standard InChI is InChI=1S/C34H41ClN8O3/c1-22(29-6-4-7-30(39-29)42-13-5-12-41(3)14-15-42)19-36-32(44)23(2)43-21-25-9-8-24(18-27(25)33(43)45)31-28(35)20-37-34(40-31)38-26-10-16-46-17-11-26/h4,6-9,18-20,22-23,26H,5,10-17,21H2,1-3H3,(H,37,38,40)/b36-19-/t22?,23-/m1/s1. The number of hydrogen-bond acceptors (Lipinski definition) is 9. The largest absolute Gasteiger partial charge is 0.381 e. The highest BCUT2D eigenvalue weighted by Gasteiger charge is 2.34. The van der Waals surface area contributed by atoms with Crippen molar-refractivity contribution in [1.29, 1.82) is 0 Å². The van der Waals surface area contributed by atoms with Crippen molar-refractivity contribution in [2.24, 2.45) is 4.99 Å². The van der Waals surface area contributed by atoms with Crippen LogP contribution in [0.1, 0.15) is 60.6 Å². The lowest BCUT2D eigenvalue weighted by Gasteiger charge is -2.23. The van der Waals surface area contributed by atoms with E-state index in [0.29, 0.717) is 47.6 Å². The van der Waals surface area contributed by atoms with E-state index < -0.39 is 6.04 Å². The molecule has 3 aromatic rings. The normalized spacial score (nSPS) is 19.3. The Kier molecular flexibility index (Phi) is 9.91. The Morgan fingerprint density at radius 2 is 1.93 bits per heavy atom. The molecule has 3 aliphatic rings. The van der Waals surface area contributed by atoms with E-state index in [-0.39, 0.29) is 23.8 Å². The monoisotopic (exact) mass is 644 g/mol. The zero-order chi connectivity index (χ0) is 32.2. The fourth-order valence-electron chi connectivity index (χ4n) is 6.09. The van der Waals surface area contributed by atoms with Crippen molar-refractivity contribution < 1.29 is 14.3 Å². The smallest absolute Gasteiger partial charge is 0.267 e. The van der Waals surface area contributed by atoms with Gasteiger partial charge in [0, 0.05) is 68.7 Å². The number of aromatic nitrogens is 3. The predicted octanol–water partition coefficient (Wildman–Crippen LogP) is 4.67. The van der Waals surface area contributed by atoms with Crippen LogP contribution in [0.15, 0.2) is 47.6 Å². The molecular weight excluding hydrogens is 604 g/mol. The Balaban J connectivity index is 1.11. The van der Waals surface area contributed by atoms with Crippen LogP contribution < -0.4 is 10.2 Å². The maximum atomic E-state index is 13.5. The van der Waals surface area contributed by atoms with Crippen LogP contribution in [0.3, 0.4) is 0 Å². The molecule has 0 bridgehead atoms. The molecular formula is C34H41ClN8O3. The van der Waals surface area contributed by atoms with Crippen molar-refractivity contribution in [3.63, 3.8) is 0 Å². The Morgan fingerprint density at radius 3 is 2.76 bits per heavy atom. The maximum Gasteiger partial charge on any atom is 0.267 e. The zero-order valence-electron chi connectivity index (χ0n) is 26.7. The van der Waals surface area contributed by atoms with E-state index in [1.54, 1.807) is 30.3 Å². The summed E-state index contributed by atoms with van der Waals surface area (Å²) in [7, 11) is 2.15. The Labute approximate surface area is 275 Å². The SMILES string of the molecule is CC(/C=N\C(=O)[C@@H](C)N1Cc2ccc(-c3nc(NC4CCOCC4)ncc3Cl)cc2C1=O)c1cccc(N2CCCN(C)CC2)n1. The van der Waals surface area contributed by atoms with E-state index in [1.807, 2.05) is 37.3 Å². The van der Waals surface area contributed by atoms with Crippen LogP contribution in [-0.4, -0.2) is 101 Å². The van der Waals surface area contributed by atoms with E-state index in [2.05, 4.69) is 37.1 Å². The number of ether oxygens (including phenoxy) is 1. The molecule has 12 heteroatoms. The van der Waals surface area contributed by atoms with Gasteiger partial charge >= 0.3 is 0 Å². The number of aliphatic imine (C=N–C) groups is 1. The summed E-state index contributed by atoms with van der Waals surface area (Å²) in [6.45, 7) is 9.41. The third-order valence-corrected chi connectivity index (χ3v) is 9.31. The molecule has 46 heavy (non-hydrogen) atoms. The van der Waals surface area contributed by atoms with Gasteiger partial charge in [-0.2, -0.15) is 0 Å². The van der Waals surface area contributed by atoms with E-state index in [9.17, 15) is 9.59 Å². The predicted molar refractivity (Wildman–Crippen MR) is 180 cm³/mol. The number of nitrogens with one attached hydrogen (secondary N) is 1. The number of hydrogen-bond donors (Lipinski definition) is 1. The Morgan fingerprint density at radius 1 is 1.11 bits per heavy atom. The number of nitrogens with zero attached hydrogens (tertiary/aromatic N) is 7. The number of likely N-dealkylation sites (N-methyl/N-ethyl adjacent to an activating group) is 1. The first-order valence-corrected chi connectivity index (χ1v) is 16.4. The molecule has 0 spiro atoms. The van der Waals surface area contributed by atoms with E-state index in [0.717, 1.165) is 62.5 Å². The van der Waals surface area contributed by atoms with Crippen LogP contribution in [0, 0.1) is 0 Å². The van der Waals surface area contributed by atoms with Gasteiger partial charge in [0.25, 0.3) is 11.8 Å². The van der Waals surface area contributed by atoms with Gasteiger partial charge in [-0.25, -0.2) is 19.9 Å². The third kappa shape index (κ3) is 7.22. The van der Waals surface area contributed by atoms with Crippen LogP contribution in [0.2, 0.25) is 5.02 Å². The minimum atomic E-state index is -0.724. The molecule has 0 saturated carbocycles. The van der Waals surface area contributed by atoms with Gasteiger partial charge in [-0.15, -0.1) is 0 Å². The molecule has 2 amide bonds. The van der Waals surface area contributed by atoms with Gasteiger partial charge in [0.15, 0.2) is 0 Å². The van der Waals surface area contributed by atoms with Gasteiger partial charge in [-0.05, 0) is 63.5 Å². The highest BCUT2D eigenvalue weighted by molar-refractivity contribution is 6.33. The number of carbonyl (C=O) groups excluding carboxylic acids is 2. The lowest BCUT2D eigenvalue weighted by Crippen LogP contribution is -2.38. The molecule has 5 heterocycles. The van der Waals surface area contributed by atoms with Gasteiger partial charge in [-0.3, -0.25) is 9.59 Å². The summed E-state index contributed by atoms with van der Waals surface area (Å²) < 4.78 is 5.44. The van der Waals surface area contributed by atoms with Crippen LogP contribution >= 0.6 is 11.6 Å². The average Bonchev–Trinajstić information content (AvgIpc) is 3.24. The molecule has 1 unspecified atom stereocenters. The summed E-state index contributed by atoms with van der Waals surface area (Å²) in [5.41, 5.74) is 3.49. The van der Waals surface area contributed by atoms with Gasteiger partial charge in [0.1, 0.15) is 11.9 Å². The molecule has 0 aliphatic carbocycles. The molecule has 2 saturated heterocycles. The van der Waals surface area contributed by atoms with Crippen LogP contribution in [0.25, 0.3) is 11.3 Å². The molecule has 6 rings (SSSR count). The van der Waals surface area contributed by atoms with Crippen molar-refractivity contribution >= 4 is 41.4 Å². The first-order chi connectivity index (χ1) is 22.3. The lowest BCUT2D eigenvalue weighted by molar-refractivity contribution is -0.121. The summed E-state index contributed by atoms with van der Waals surface area (Å²) in [6, 6.07) is 11.1. The number of halogens is 1. The molecule has 2 aromatic heterocycles. The van der Waals surface area contributed by atoms with Crippen molar-refractivity contribution in [3.05, 3.63) is 64.4 Å². The Hall–Kier alpha value is -3.93. The number of carbonyl (C=O) groups is 2. The second kappa shape index (κ2) is 14.2. The van der Waals surface area contributed by atoms with E-state index in [4.69, 9.17) is 21.3 Å². The summed E-state index contributed by atoms with van der Waals surface area (Å²) in [5, 5.41) is 3.77. The number of rotatable bonds is 8. The molecule has 1 N–H and O–H groups in total. The van der Waals surface area contributed by atoms with Gasteiger partial charge in [0.2, 0.25) is 5.95 Å². The fourth-order valence-corrected chi connectivity index (χ4v) is 6.30. The van der Waals surface area contributed by atoms with Crippen LogP contribution in [0.5, 0.6) is 0 Å². The summed E-state index contributed by atoms with van der Waals surface area (Å²) in [6.07, 6.45) is 6.06. The second-order valence-electron chi connectivity index (χ2n) is 12.4. The zero-order valence-corrected chi connectivity index (χ0v) is 27.4. The Bertz CT molecular complexity index is 1610. The maximum absolute atomic E-state index is 13.5. The van der Waals surface area contributed by atoms with E-state index >= 15 is 0 Å². The first-order valence-electron chi connectivity index (χ1n) is 16.1. The number of pyridine rings is 1. The number of benzene rings is 1. The number of anilines is 2. The van der Waals surface area contributed by atoms with Crippen LogP contribution in [0.4, 0.5) is 11.8 Å². The molecule has 11 nitrogen and oxygen atoms in total. The summed E-state index contributed by atoms with van der Waals surface area (Å²) in [5.74, 6) is 0.681. The minimum absolute atomic E-state index is 0.164. The third-order valence-electron chi connectivity index (χ3n) is 9.03. The van der Waals surface area contributed by atoms with Crippen LogP contribution in [-0.2, 0) is 16.1 Å². The fraction of sp³-hybridized carbons (Fsp3) is 0.471. The molecule has 0 radical (unpaired) electrons. The average molecular weight is 645 g/mol. The van der Waals surface area contributed by atoms with Crippen molar-refractivity contribution in [1.82, 2.24) is 24.8 Å². The lowest BCUT2D eigenvalue weighted by atomic mass is 10.0. The van der Waals surface area contributed by atoms with Gasteiger partial charge in [0.05, 0.1) is 22.6 Å². The summed E-state index contributed by atoms with van der Waals surface area (Å²) >= 11 is 6.51. The molecule has 2 atom stereocenters. The van der Waals surface area contributed by atoms with Gasteiger partial charge in [-0.1, -0.05) is 36.7 Å². The van der Waals surface area contributed by atoms with Crippen molar-refractivity contribution in [2.75, 3.05) is 56.7 Å². The minimum Gasteiger partial charge on any atom is -0.381 e. The molecule has 1 aromatic carbocycles. The van der Waals surface area contributed by atoms with Gasteiger partial charge < -0.3 is 24.8 Å². The summed E-state index contributed by atoms with van der Waals surface area (Å²) in [4.78, 5) is 51.2. The number of fused-ring (bicyclic) bond motifs is 1. The topological polar surface area (TPSA) is 116 Å². The highest BCUT2D eigenvalue weighted by Crippen LogP contribution is 2.32. The molecule has 2 fully saturated rings. The first kappa shape index (κ1) is 32.0. The van der Waals surface area contributed by atoms with Crippen molar-refractivity contribution in [2.45, 2.75) is 57.7 Å².